The Morgan fingerprint density at radius 2 is 2.18 bits per heavy atom. The Bertz CT molecular complexity index is 577. The first-order valence-electron chi connectivity index (χ1n) is 7.38. The number of hydrogen-bond donors (Lipinski definition) is 1. The Labute approximate surface area is 130 Å². The molecule has 0 aliphatic carbocycles. The number of aryl methyl sites for hydroxylation is 1. The van der Waals surface area contributed by atoms with Crippen molar-refractivity contribution in [2.45, 2.75) is 13.3 Å². The normalized spacial score (nSPS) is 18.3. The SMILES string of the molecule is Cc1cccc(NC(=O)C(=O)N(C)CC2CCN(C)C2)c1F. The van der Waals surface area contributed by atoms with Crippen molar-refractivity contribution < 1.29 is 14.0 Å². The summed E-state index contributed by atoms with van der Waals surface area (Å²) in [6.45, 7) is 4.07. The lowest BCUT2D eigenvalue weighted by Gasteiger charge is -2.20. The minimum absolute atomic E-state index is 0.0346. The molecule has 0 spiro atoms. The van der Waals surface area contributed by atoms with E-state index < -0.39 is 17.6 Å². The zero-order valence-electron chi connectivity index (χ0n) is 13.2. The van der Waals surface area contributed by atoms with E-state index in [2.05, 4.69) is 10.2 Å². The summed E-state index contributed by atoms with van der Waals surface area (Å²) in [5.74, 6) is -1.58. The summed E-state index contributed by atoms with van der Waals surface area (Å²) in [5, 5.41) is 2.35. The van der Waals surface area contributed by atoms with Crippen LogP contribution in [0.1, 0.15) is 12.0 Å². The maximum atomic E-state index is 13.9. The van der Waals surface area contributed by atoms with Crippen LogP contribution in [0, 0.1) is 18.7 Å². The molecule has 1 aliphatic heterocycles. The molecule has 120 valence electrons. The van der Waals surface area contributed by atoms with Crippen LogP contribution >= 0.6 is 0 Å². The topological polar surface area (TPSA) is 52.7 Å². The van der Waals surface area contributed by atoms with Crippen LogP contribution in [-0.4, -0.2) is 55.3 Å². The quantitative estimate of drug-likeness (QED) is 0.861. The molecule has 0 saturated carbocycles. The van der Waals surface area contributed by atoms with E-state index in [1.54, 1.807) is 26.1 Å². The van der Waals surface area contributed by atoms with Crippen molar-refractivity contribution in [3.63, 3.8) is 0 Å². The lowest BCUT2D eigenvalue weighted by atomic mass is 10.1. The molecule has 1 unspecified atom stereocenters. The Balaban J connectivity index is 1.94. The fraction of sp³-hybridized carbons (Fsp3) is 0.500. The fourth-order valence-electron chi connectivity index (χ4n) is 2.74. The van der Waals surface area contributed by atoms with E-state index in [1.165, 1.54) is 11.0 Å². The second-order valence-corrected chi connectivity index (χ2v) is 5.99. The van der Waals surface area contributed by atoms with Crippen LogP contribution in [0.3, 0.4) is 0 Å². The molecule has 1 atom stereocenters. The number of benzene rings is 1. The van der Waals surface area contributed by atoms with Crippen LogP contribution in [0.2, 0.25) is 0 Å². The highest BCUT2D eigenvalue weighted by atomic mass is 19.1. The number of likely N-dealkylation sites (tertiary alicyclic amines) is 1. The Morgan fingerprint density at radius 1 is 1.45 bits per heavy atom. The van der Waals surface area contributed by atoms with Gasteiger partial charge >= 0.3 is 11.8 Å². The number of nitrogens with one attached hydrogen (secondary N) is 1. The maximum Gasteiger partial charge on any atom is 0.313 e. The van der Waals surface area contributed by atoms with Crippen LogP contribution < -0.4 is 5.32 Å². The Hall–Kier alpha value is -1.95. The number of rotatable bonds is 3. The summed E-state index contributed by atoms with van der Waals surface area (Å²) in [6.07, 6.45) is 1.02. The number of amides is 2. The van der Waals surface area contributed by atoms with E-state index in [0.717, 1.165) is 19.5 Å². The van der Waals surface area contributed by atoms with E-state index in [1.807, 2.05) is 7.05 Å². The summed E-state index contributed by atoms with van der Waals surface area (Å²) in [4.78, 5) is 27.7. The first-order valence-corrected chi connectivity index (χ1v) is 7.38. The summed E-state index contributed by atoms with van der Waals surface area (Å²) in [5.41, 5.74) is 0.458. The van der Waals surface area contributed by atoms with Gasteiger partial charge in [0.1, 0.15) is 5.82 Å². The predicted molar refractivity (Wildman–Crippen MR) is 83.0 cm³/mol. The summed E-state index contributed by atoms with van der Waals surface area (Å²) in [6, 6.07) is 4.69. The van der Waals surface area contributed by atoms with Crippen molar-refractivity contribution in [2.24, 2.45) is 5.92 Å². The van der Waals surface area contributed by atoms with Crippen molar-refractivity contribution in [2.75, 3.05) is 39.0 Å². The number of carbonyl (C=O) groups is 2. The fourth-order valence-corrected chi connectivity index (χ4v) is 2.74. The van der Waals surface area contributed by atoms with Crippen LogP contribution in [0.15, 0.2) is 18.2 Å². The van der Waals surface area contributed by atoms with Crippen molar-refractivity contribution in [1.82, 2.24) is 9.80 Å². The minimum Gasteiger partial charge on any atom is -0.337 e. The van der Waals surface area contributed by atoms with Gasteiger partial charge in [-0.05, 0) is 44.5 Å². The molecule has 1 saturated heterocycles. The van der Waals surface area contributed by atoms with Crippen LogP contribution in [0.5, 0.6) is 0 Å². The third-order valence-electron chi connectivity index (χ3n) is 4.00. The molecule has 1 aliphatic rings. The molecule has 2 amide bonds. The molecule has 5 nitrogen and oxygen atoms in total. The summed E-state index contributed by atoms with van der Waals surface area (Å²) >= 11 is 0. The average Bonchev–Trinajstić information content (AvgIpc) is 2.88. The second-order valence-electron chi connectivity index (χ2n) is 5.99. The van der Waals surface area contributed by atoms with Gasteiger partial charge in [-0.2, -0.15) is 0 Å². The number of anilines is 1. The molecule has 0 bridgehead atoms. The molecule has 1 fully saturated rings. The van der Waals surface area contributed by atoms with Crippen LogP contribution in [0.25, 0.3) is 0 Å². The molecule has 22 heavy (non-hydrogen) atoms. The third-order valence-corrected chi connectivity index (χ3v) is 4.00. The van der Waals surface area contributed by atoms with Crippen molar-refractivity contribution in [3.05, 3.63) is 29.6 Å². The van der Waals surface area contributed by atoms with Gasteiger partial charge in [0.15, 0.2) is 0 Å². The van der Waals surface area contributed by atoms with E-state index >= 15 is 0 Å². The van der Waals surface area contributed by atoms with Gasteiger partial charge in [0.05, 0.1) is 5.69 Å². The van der Waals surface area contributed by atoms with E-state index in [0.29, 0.717) is 18.0 Å². The molecular formula is C16H22FN3O2. The number of carbonyl (C=O) groups excluding carboxylic acids is 2. The van der Waals surface area contributed by atoms with Gasteiger partial charge in [-0.15, -0.1) is 0 Å². The van der Waals surface area contributed by atoms with Crippen molar-refractivity contribution in [3.8, 4) is 0 Å². The average molecular weight is 307 g/mol. The van der Waals surface area contributed by atoms with Crippen molar-refractivity contribution >= 4 is 17.5 Å². The third kappa shape index (κ3) is 3.82. The molecule has 0 radical (unpaired) electrons. The maximum absolute atomic E-state index is 13.9. The summed E-state index contributed by atoms with van der Waals surface area (Å²) in [7, 11) is 3.64. The van der Waals surface area contributed by atoms with Gasteiger partial charge in [0, 0.05) is 20.1 Å². The number of hydrogen-bond acceptors (Lipinski definition) is 3. The molecule has 6 heteroatoms. The van der Waals surface area contributed by atoms with Gasteiger partial charge in [-0.25, -0.2) is 4.39 Å². The molecule has 1 N–H and O–H groups in total. The first-order chi connectivity index (χ1) is 10.4. The van der Waals surface area contributed by atoms with Gasteiger partial charge in [0.25, 0.3) is 0 Å². The lowest BCUT2D eigenvalue weighted by molar-refractivity contribution is -0.142. The summed E-state index contributed by atoms with van der Waals surface area (Å²) < 4.78 is 13.9. The lowest BCUT2D eigenvalue weighted by Crippen LogP contribution is -2.40. The molecule has 2 rings (SSSR count). The zero-order chi connectivity index (χ0) is 16.3. The number of likely N-dealkylation sites (N-methyl/N-ethyl adjacent to an activating group) is 1. The second kappa shape index (κ2) is 6.87. The highest BCUT2D eigenvalue weighted by Crippen LogP contribution is 2.18. The predicted octanol–water partition coefficient (Wildman–Crippen LogP) is 1.48. The Kier molecular flexibility index (Phi) is 5.13. The van der Waals surface area contributed by atoms with E-state index in [4.69, 9.17) is 0 Å². The number of nitrogens with zero attached hydrogens (tertiary/aromatic N) is 2. The molecule has 1 aromatic rings. The standard InChI is InChI=1S/C16H22FN3O2/c1-11-5-4-6-13(14(11)17)18-15(21)16(22)20(3)10-12-7-8-19(2)9-12/h4-6,12H,7-10H2,1-3H3,(H,18,21). The smallest absolute Gasteiger partial charge is 0.313 e. The highest BCUT2D eigenvalue weighted by molar-refractivity contribution is 6.39. The van der Waals surface area contributed by atoms with Gasteiger partial charge < -0.3 is 15.1 Å². The molecule has 1 heterocycles. The monoisotopic (exact) mass is 307 g/mol. The van der Waals surface area contributed by atoms with Crippen LogP contribution in [-0.2, 0) is 9.59 Å². The zero-order valence-corrected chi connectivity index (χ0v) is 13.2. The van der Waals surface area contributed by atoms with E-state index in [-0.39, 0.29) is 5.69 Å². The molecule has 1 aromatic carbocycles. The van der Waals surface area contributed by atoms with E-state index in [9.17, 15) is 14.0 Å². The van der Waals surface area contributed by atoms with Gasteiger partial charge in [-0.3, -0.25) is 9.59 Å². The van der Waals surface area contributed by atoms with Gasteiger partial charge in [0.2, 0.25) is 0 Å². The first kappa shape index (κ1) is 16.4. The van der Waals surface area contributed by atoms with Crippen molar-refractivity contribution in [1.29, 1.82) is 0 Å². The minimum atomic E-state index is -0.807. The Morgan fingerprint density at radius 3 is 2.82 bits per heavy atom. The van der Waals surface area contributed by atoms with Crippen LogP contribution in [0.4, 0.5) is 10.1 Å². The number of halogens is 1. The molecular weight excluding hydrogens is 285 g/mol. The largest absolute Gasteiger partial charge is 0.337 e. The highest BCUT2D eigenvalue weighted by Gasteiger charge is 2.26. The van der Waals surface area contributed by atoms with Gasteiger partial charge in [-0.1, -0.05) is 12.1 Å². The molecule has 0 aromatic heterocycles.